The second-order valence-corrected chi connectivity index (χ2v) is 7.29. The summed E-state index contributed by atoms with van der Waals surface area (Å²) in [5.74, 6) is -0.343. The molecule has 2 heterocycles. The van der Waals surface area contributed by atoms with Crippen LogP contribution in [0.25, 0.3) is 0 Å². The maximum atomic E-state index is 13.2. The Morgan fingerprint density at radius 1 is 1.32 bits per heavy atom. The fourth-order valence-corrected chi connectivity index (χ4v) is 3.06. The highest BCUT2D eigenvalue weighted by molar-refractivity contribution is 9.10. The summed E-state index contributed by atoms with van der Waals surface area (Å²) in [5.41, 5.74) is 1.06. The van der Waals surface area contributed by atoms with Crippen molar-refractivity contribution in [1.29, 1.82) is 0 Å². The molecule has 10 heteroatoms. The van der Waals surface area contributed by atoms with E-state index in [2.05, 4.69) is 26.1 Å². The van der Waals surface area contributed by atoms with Gasteiger partial charge in [0.25, 0.3) is 5.91 Å². The largest absolute Gasteiger partial charge is 0.471 e. The minimum absolute atomic E-state index is 0.0212. The fourth-order valence-electron chi connectivity index (χ4n) is 2.45. The molecule has 148 valence electrons. The Bertz CT molecular complexity index is 990. The third-order valence-electron chi connectivity index (χ3n) is 3.96. The smallest absolute Gasteiger partial charge is 0.274 e. The first-order chi connectivity index (χ1) is 13.4. The number of aromatic nitrogens is 4. The van der Waals surface area contributed by atoms with E-state index in [9.17, 15) is 9.18 Å². The number of benzene rings is 1. The molecule has 0 bridgehead atoms. The Labute approximate surface area is 174 Å². The molecule has 0 spiro atoms. The van der Waals surface area contributed by atoms with Gasteiger partial charge in [-0.05, 0) is 41.1 Å². The van der Waals surface area contributed by atoms with Gasteiger partial charge in [0, 0.05) is 32.1 Å². The first-order valence-corrected chi connectivity index (χ1v) is 9.63. The summed E-state index contributed by atoms with van der Waals surface area (Å²) in [4.78, 5) is 14.1. The highest BCUT2D eigenvalue weighted by Crippen LogP contribution is 2.21. The van der Waals surface area contributed by atoms with Gasteiger partial charge in [0.15, 0.2) is 12.4 Å². The fraction of sp³-hybridized carbons (Fsp3) is 0.278. The van der Waals surface area contributed by atoms with Crippen molar-refractivity contribution in [3.8, 4) is 5.75 Å². The standard InChI is InChI=1S/C18H18BrClFN5O2/c1-3-25-9-13(19)17(23-25)10-24(2)18(27)16-6-7-26(22-16)11-28-12-4-5-15(21)14(20)8-12/h4-9H,3,10-11H2,1-2H3. The van der Waals surface area contributed by atoms with Crippen LogP contribution in [0.5, 0.6) is 5.75 Å². The Balaban J connectivity index is 1.61. The number of carbonyl (C=O) groups excluding carboxylic acids is 1. The molecule has 0 aliphatic carbocycles. The minimum atomic E-state index is -0.514. The van der Waals surface area contributed by atoms with Crippen molar-refractivity contribution in [2.75, 3.05) is 7.05 Å². The van der Waals surface area contributed by atoms with Gasteiger partial charge in [0.05, 0.1) is 21.7 Å². The molecule has 1 amide bonds. The van der Waals surface area contributed by atoms with Crippen molar-refractivity contribution in [2.24, 2.45) is 0 Å². The molecule has 0 unspecified atom stereocenters. The van der Waals surface area contributed by atoms with Gasteiger partial charge < -0.3 is 9.64 Å². The van der Waals surface area contributed by atoms with Gasteiger partial charge in [-0.15, -0.1) is 0 Å². The average molecular weight is 471 g/mol. The molecule has 0 radical (unpaired) electrons. The third-order valence-corrected chi connectivity index (χ3v) is 4.91. The lowest BCUT2D eigenvalue weighted by Gasteiger charge is -2.14. The molecule has 0 fully saturated rings. The predicted molar refractivity (Wildman–Crippen MR) is 106 cm³/mol. The van der Waals surface area contributed by atoms with E-state index in [4.69, 9.17) is 16.3 Å². The van der Waals surface area contributed by atoms with E-state index in [1.807, 2.05) is 13.1 Å². The van der Waals surface area contributed by atoms with Crippen LogP contribution in [0.3, 0.4) is 0 Å². The number of rotatable bonds is 7. The first-order valence-electron chi connectivity index (χ1n) is 8.46. The van der Waals surface area contributed by atoms with Gasteiger partial charge in [0.1, 0.15) is 11.6 Å². The third kappa shape index (κ3) is 4.71. The van der Waals surface area contributed by atoms with Crippen LogP contribution in [-0.2, 0) is 19.8 Å². The summed E-state index contributed by atoms with van der Waals surface area (Å²) in [7, 11) is 1.69. The lowest BCUT2D eigenvalue weighted by atomic mass is 10.3. The predicted octanol–water partition coefficient (Wildman–Crippen LogP) is 3.96. The van der Waals surface area contributed by atoms with Crippen LogP contribution >= 0.6 is 27.5 Å². The van der Waals surface area contributed by atoms with Crippen molar-refractivity contribution in [2.45, 2.75) is 26.7 Å². The van der Waals surface area contributed by atoms with E-state index in [-0.39, 0.29) is 23.4 Å². The lowest BCUT2D eigenvalue weighted by molar-refractivity contribution is 0.0775. The highest BCUT2D eigenvalue weighted by atomic mass is 79.9. The number of nitrogens with zero attached hydrogens (tertiary/aromatic N) is 5. The van der Waals surface area contributed by atoms with Gasteiger partial charge in [-0.2, -0.15) is 10.2 Å². The van der Waals surface area contributed by atoms with Gasteiger partial charge in [-0.25, -0.2) is 9.07 Å². The zero-order valence-corrected chi connectivity index (χ0v) is 17.6. The zero-order valence-electron chi connectivity index (χ0n) is 15.3. The normalized spacial score (nSPS) is 10.9. The molecule has 0 aliphatic rings. The zero-order chi connectivity index (χ0) is 20.3. The topological polar surface area (TPSA) is 65.2 Å². The maximum absolute atomic E-state index is 13.2. The van der Waals surface area contributed by atoms with E-state index in [1.165, 1.54) is 22.9 Å². The number of hydrogen-bond donors (Lipinski definition) is 0. The van der Waals surface area contributed by atoms with Crippen LogP contribution in [0.15, 0.2) is 41.1 Å². The molecule has 0 atom stereocenters. The van der Waals surface area contributed by atoms with Crippen molar-refractivity contribution >= 4 is 33.4 Å². The van der Waals surface area contributed by atoms with E-state index < -0.39 is 5.82 Å². The second-order valence-electron chi connectivity index (χ2n) is 6.03. The molecule has 0 N–H and O–H groups in total. The SMILES string of the molecule is CCn1cc(Br)c(CN(C)C(=O)c2ccn(COc3ccc(F)c(Cl)c3)n2)n1. The van der Waals surface area contributed by atoms with Crippen LogP contribution in [0.4, 0.5) is 4.39 Å². The molecular formula is C18H18BrClFN5O2. The molecule has 7 nitrogen and oxygen atoms in total. The molecule has 0 saturated heterocycles. The summed E-state index contributed by atoms with van der Waals surface area (Å²) >= 11 is 9.18. The number of amides is 1. The first kappa shape index (κ1) is 20.3. The summed E-state index contributed by atoms with van der Waals surface area (Å²) in [6, 6.07) is 5.69. The van der Waals surface area contributed by atoms with Crippen molar-refractivity contribution < 1.29 is 13.9 Å². The van der Waals surface area contributed by atoms with E-state index in [0.717, 1.165) is 16.7 Å². The molecule has 2 aromatic heterocycles. The van der Waals surface area contributed by atoms with Gasteiger partial charge >= 0.3 is 0 Å². The monoisotopic (exact) mass is 469 g/mol. The Hall–Kier alpha value is -2.39. The van der Waals surface area contributed by atoms with Crippen molar-refractivity contribution in [3.63, 3.8) is 0 Å². The van der Waals surface area contributed by atoms with E-state index in [0.29, 0.717) is 12.3 Å². The van der Waals surface area contributed by atoms with Crippen molar-refractivity contribution in [3.05, 3.63) is 63.4 Å². The molecule has 0 aliphatic heterocycles. The molecular weight excluding hydrogens is 453 g/mol. The molecule has 0 saturated carbocycles. The Morgan fingerprint density at radius 3 is 2.79 bits per heavy atom. The highest BCUT2D eigenvalue weighted by Gasteiger charge is 2.18. The summed E-state index contributed by atoms with van der Waals surface area (Å²) in [5, 5.41) is 8.63. The van der Waals surface area contributed by atoms with Crippen LogP contribution in [-0.4, -0.2) is 37.4 Å². The number of ether oxygens (including phenoxy) is 1. The van der Waals surface area contributed by atoms with E-state index >= 15 is 0 Å². The number of halogens is 3. The van der Waals surface area contributed by atoms with Gasteiger partial charge in [0.2, 0.25) is 0 Å². The van der Waals surface area contributed by atoms with Crippen LogP contribution in [0.1, 0.15) is 23.1 Å². The van der Waals surface area contributed by atoms with Crippen molar-refractivity contribution in [1.82, 2.24) is 24.5 Å². The molecule has 3 rings (SSSR count). The second kappa shape index (κ2) is 8.74. The lowest BCUT2D eigenvalue weighted by Crippen LogP contribution is -2.27. The Morgan fingerprint density at radius 2 is 2.11 bits per heavy atom. The van der Waals surface area contributed by atoms with E-state index in [1.54, 1.807) is 28.9 Å². The summed E-state index contributed by atoms with van der Waals surface area (Å²) < 4.78 is 22.8. The number of hydrogen-bond acceptors (Lipinski definition) is 4. The number of carbonyl (C=O) groups is 1. The molecule has 3 aromatic rings. The average Bonchev–Trinajstić information content (AvgIpc) is 3.29. The summed E-state index contributed by atoms with van der Waals surface area (Å²) in [6.45, 7) is 3.15. The maximum Gasteiger partial charge on any atom is 0.274 e. The van der Waals surface area contributed by atoms with Gasteiger partial charge in [-0.1, -0.05) is 11.6 Å². The quantitative estimate of drug-likeness (QED) is 0.524. The minimum Gasteiger partial charge on any atom is -0.471 e. The number of aryl methyl sites for hydroxylation is 1. The van der Waals surface area contributed by atoms with Gasteiger partial charge in [-0.3, -0.25) is 9.48 Å². The molecule has 28 heavy (non-hydrogen) atoms. The van der Waals surface area contributed by atoms with Crippen LogP contribution in [0.2, 0.25) is 5.02 Å². The van der Waals surface area contributed by atoms with Crippen LogP contribution < -0.4 is 4.74 Å². The summed E-state index contributed by atoms with van der Waals surface area (Å²) in [6.07, 6.45) is 3.51. The molecule has 1 aromatic carbocycles. The Kier molecular flexibility index (Phi) is 6.35. The van der Waals surface area contributed by atoms with Crippen LogP contribution in [0, 0.1) is 5.82 Å².